The van der Waals surface area contributed by atoms with Gasteiger partial charge in [-0.05, 0) is 31.5 Å². The lowest BCUT2D eigenvalue weighted by Gasteiger charge is -2.07. The molecule has 0 radical (unpaired) electrons. The van der Waals surface area contributed by atoms with Crippen LogP contribution in [0.3, 0.4) is 0 Å². The molecule has 0 unspecified atom stereocenters. The van der Waals surface area contributed by atoms with Crippen LogP contribution in [0.25, 0.3) is 0 Å². The van der Waals surface area contributed by atoms with E-state index in [0.29, 0.717) is 29.1 Å². The summed E-state index contributed by atoms with van der Waals surface area (Å²) < 4.78 is 9.73. The van der Waals surface area contributed by atoms with Crippen LogP contribution >= 0.6 is 11.8 Å². The van der Waals surface area contributed by atoms with Crippen molar-refractivity contribution in [3.05, 3.63) is 52.8 Å². The Balaban J connectivity index is 1.78. The molecule has 2 aromatic rings. The summed E-state index contributed by atoms with van der Waals surface area (Å²) in [5, 5.41) is 2.70. The molecule has 144 valence electrons. The summed E-state index contributed by atoms with van der Waals surface area (Å²) in [5.74, 6) is -0.902. The predicted molar refractivity (Wildman–Crippen MR) is 102 cm³/mol. The Hall–Kier alpha value is -2.74. The number of carbonyl (C=O) groups excluding carboxylic acids is 3. The molecule has 0 atom stereocenters. The first-order chi connectivity index (χ1) is 12.9. The van der Waals surface area contributed by atoms with E-state index >= 15 is 0 Å². The zero-order chi connectivity index (χ0) is 19.8. The number of benzene rings is 1. The zero-order valence-electron chi connectivity index (χ0n) is 15.5. The Morgan fingerprint density at radius 2 is 1.81 bits per heavy atom. The summed E-state index contributed by atoms with van der Waals surface area (Å²) in [6.45, 7) is 3.35. The Morgan fingerprint density at radius 3 is 2.48 bits per heavy atom. The Kier molecular flexibility index (Phi) is 7.48. The number of hydrogen-bond acceptors (Lipinski definition) is 6. The highest BCUT2D eigenvalue weighted by atomic mass is 32.2. The van der Waals surface area contributed by atoms with Crippen LogP contribution in [0.1, 0.15) is 32.1 Å². The summed E-state index contributed by atoms with van der Waals surface area (Å²) in [5.41, 5.74) is 1.38. The fourth-order valence-electron chi connectivity index (χ4n) is 2.49. The van der Waals surface area contributed by atoms with Crippen molar-refractivity contribution in [1.29, 1.82) is 0 Å². The van der Waals surface area contributed by atoms with E-state index < -0.39 is 11.9 Å². The zero-order valence-corrected chi connectivity index (χ0v) is 16.3. The third-order valence-corrected chi connectivity index (χ3v) is 4.82. The Morgan fingerprint density at radius 1 is 1.11 bits per heavy atom. The standard InChI is InChI=1S/C19H22N2O5S/c1-12-16(18(23)25-3)13(2)21-17(12)19(24)26-11-15(22)20-9-10-27-14-7-5-4-6-8-14/h4-8,21H,9-11H2,1-3H3,(H,20,22). The smallest absolute Gasteiger partial charge is 0.355 e. The largest absolute Gasteiger partial charge is 0.465 e. The quantitative estimate of drug-likeness (QED) is 0.408. The maximum atomic E-state index is 12.2. The molecule has 0 saturated heterocycles. The average Bonchev–Trinajstić information content (AvgIpc) is 2.98. The molecule has 0 bridgehead atoms. The van der Waals surface area contributed by atoms with Gasteiger partial charge in [0.15, 0.2) is 6.61 Å². The second kappa shape index (κ2) is 9.82. The third-order valence-electron chi connectivity index (χ3n) is 3.80. The molecule has 1 heterocycles. The van der Waals surface area contributed by atoms with Crippen molar-refractivity contribution in [3.63, 3.8) is 0 Å². The number of methoxy groups -OCH3 is 1. The predicted octanol–water partition coefficient (Wildman–Crippen LogP) is 2.48. The van der Waals surface area contributed by atoms with Gasteiger partial charge in [-0.25, -0.2) is 9.59 Å². The van der Waals surface area contributed by atoms with Gasteiger partial charge in [0.1, 0.15) is 5.69 Å². The van der Waals surface area contributed by atoms with Crippen LogP contribution in [0, 0.1) is 13.8 Å². The van der Waals surface area contributed by atoms with E-state index in [-0.39, 0.29) is 18.2 Å². The molecule has 7 nitrogen and oxygen atoms in total. The van der Waals surface area contributed by atoms with E-state index in [4.69, 9.17) is 9.47 Å². The normalized spacial score (nSPS) is 10.3. The maximum absolute atomic E-state index is 12.2. The highest BCUT2D eigenvalue weighted by molar-refractivity contribution is 7.99. The van der Waals surface area contributed by atoms with Crippen molar-refractivity contribution in [2.24, 2.45) is 0 Å². The molecule has 1 amide bonds. The SMILES string of the molecule is COC(=O)c1c(C)[nH]c(C(=O)OCC(=O)NCCSc2ccccc2)c1C. The molecule has 1 aromatic heterocycles. The van der Waals surface area contributed by atoms with Gasteiger partial charge in [-0.3, -0.25) is 4.79 Å². The lowest BCUT2D eigenvalue weighted by Crippen LogP contribution is -2.30. The number of H-pyrrole nitrogens is 1. The first-order valence-corrected chi connectivity index (χ1v) is 9.31. The van der Waals surface area contributed by atoms with Gasteiger partial charge in [-0.2, -0.15) is 0 Å². The van der Waals surface area contributed by atoms with Crippen molar-refractivity contribution in [2.45, 2.75) is 18.7 Å². The monoisotopic (exact) mass is 390 g/mol. The number of amides is 1. The topological polar surface area (TPSA) is 97.5 Å². The summed E-state index contributed by atoms with van der Waals surface area (Å²) in [7, 11) is 1.27. The van der Waals surface area contributed by atoms with E-state index in [1.165, 1.54) is 7.11 Å². The molecular formula is C19H22N2O5S. The van der Waals surface area contributed by atoms with Crippen LogP contribution in [0.15, 0.2) is 35.2 Å². The number of hydrogen-bond donors (Lipinski definition) is 2. The van der Waals surface area contributed by atoms with Gasteiger partial charge in [-0.1, -0.05) is 18.2 Å². The number of nitrogens with one attached hydrogen (secondary N) is 2. The van der Waals surface area contributed by atoms with Crippen LogP contribution in [0.5, 0.6) is 0 Å². The van der Waals surface area contributed by atoms with Crippen LogP contribution in [-0.2, 0) is 14.3 Å². The van der Waals surface area contributed by atoms with Gasteiger partial charge in [-0.15, -0.1) is 11.8 Å². The van der Waals surface area contributed by atoms with Gasteiger partial charge in [0.2, 0.25) is 0 Å². The fraction of sp³-hybridized carbons (Fsp3) is 0.316. The molecule has 8 heteroatoms. The van der Waals surface area contributed by atoms with Crippen molar-refractivity contribution in [3.8, 4) is 0 Å². The van der Waals surface area contributed by atoms with E-state index in [1.54, 1.807) is 25.6 Å². The van der Waals surface area contributed by atoms with E-state index in [9.17, 15) is 14.4 Å². The molecule has 0 aliphatic carbocycles. The molecular weight excluding hydrogens is 368 g/mol. The average molecular weight is 390 g/mol. The Bertz CT molecular complexity index is 817. The van der Waals surface area contributed by atoms with Gasteiger partial charge in [0, 0.05) is 22.9 Å². The van der Waals surface area contributed by atoms with Crippen LogP contribution in [0.4, 0.5) is 0 Å². The van der Waals surface area contributed by atoms with Gasteiger partial charge in [0.25, 0.3) is 5.91 Å². The van der Waals surface area contributed by atoms with E-state index in [2.05, 4.69) is 10.3 Å². The minimum Gasteiger partial charge on any atom is -0.465 e. The maximum Gasteiger partial charge on any atom is 0.355 e. The van der Waals surface area contributed by atoms with Gasteiger partial charge < -0.3 is 19.8 Å². The fourth-order valence-corrected chi connectivity index (χ4v) is 3.28. The molecule has 0 saturated carbocycles. The molecule has 0 aliphatic rings. The summed E-state index contributed by atoms with van der Waals surface area (Å²) in [6.07, 6.45) is 0. The number of esters is 2. The van der Waals surface area contributed by atoms with Gasteiger partial charge >= 0.3 is 11.9 Å². The molecule has 2 rings (SSSR count). The number of aromatic amines is 1. The van der Waals surface area contributed by atoms with E-state index in [0.717, 1.165) is 4.90 Å². The summed E-state index contributed by atoms with van der Waals surface area (Å²) in [6, 6.07) is 9.85. The second-order valence-corrected chi connectivity index (χ2v) is 6.87. The van der Waals surface area contributed by atoms with Crippen molar-refractivity contribution in [1.82, 2.24) is 10.3 Å². The Labute approximate surface area is 161 Å². The third kappa shape index (κ3) is 5.62. The number of aryl methyl sites for hydroxylation is 1. The highest BCUT2D eigenvalue weighted by Crippen LogP contribution is 2.19. The second-order valence-electron chi connectivity index (χ2n) is 5.70. The molecule has 0 spiro atoms. The lowest BCUT2D eigenvalue weighted by atomic mass is 10.1. The molecule has 2 N–H and O–H groups in total. The number of thioether (sulfide) groups is 1. The number of carbonyl (C=O) groups is 3. The minimum absolute atomic E-state index is 0.139. The van der Waals surface area contributed by atoms with Crippen molar-refractivity contribution >= 4 is 29.6 Å². The first kappa shape index (κ1) is 20.6. The number of aromatic nitrogens is 1. The van der Waals surface area contributed by atoms with Crippen LogP contribution in [0.2, 0.25) is 0 Å². The van der Waals surface area contributed by atoms with Gasteiger partial charge in [0.05, 0.1) is 12.7 Å². The summed E-state index contributed by atoms with van der Waals surface area (Å²) in [4.78, 5) is 39.7. The van der Waals surface area contributed by atoms with Crippen LogP contribution < -0.4 is 5.32 Å². The minimum atomic E-state index is -0.695. The molecule has 27 heavy (non-hydrogen) atoms. The lowest BCUT2D eigenvalue weighted by molar-refractivity contribution is -0.124. The molecule has 0 fully saturated rings. The first-order valence-electron chi connectivity index (χ1n) is 8.33. The van der Waals surface area contributed by atoms with Crippen molar-refractivity contribution < 1.29 is 23.9 Å². The van der Waals surface area contributed by atoms with Crippen LogP contribution in [-0.4, -0.2) is 48.8 Å². The summed E-state index contributed by atoms with van der Waals surface area (Å²) >= 11 is 1.62. The van der Waals surface area contributed by atoms with E-state index in [1.807, 2.05) is 30.3 Å². The van der Waals surface area contributed by atoms with Crippen molar-refractivity contribution in [2.75, 3.05) is 26.0 Å². The highest BCUT2D eigenvalue weighted by Gasteiger charge is 2.23. The number of rotatable bonds is 8. The molecule has 0 aliphatic heterocycles. The number of ether oxygens (including phenoxy) is 2. The molecule has 1 aromatic carbocycles.